The van der Waals surface area contributed by atoms with Crippen LogP contribution in [0.4, 0.5) is 4.39 Å². The summed E-state index contributed by atoms with van der Waals surface area (Å²) in [6, 6.07) is 9.79. The second-order valence-electron chi connectivity index (χ2n) is 4.84. The molecule has 0 bridgehead atoms. The smallest absolute Gasteiger partial charge is 0.146 e. The molecule has 0 saturated carbocycles. The van der Waals surface area contributed by atoms with Crippen molar-refractivity contribution in [3.05, 3.63) is 65.2 Å². The Morgan fingerprint density at radius 3 is 2.94 bits per heavy atom. The van der Waals surface area contributed by atoms with Crippen LogP contribution >= 0.6 is 0 Å². The molecule has 1 aromatic heterocycles. The van der Waals surface area contributed by atoms with Crippen LogP contribution in [-0.2, 0) is 6.42 Å². The van der Waals surface area contributed by atoms with E-state index in [0.717, 1.165) is 12.8 Å². The minimum atomic E-state index is -0.308. The van der Waals surface area contributed by atoms with Gasteiger partial charge in [0.2, 0.25) is 0 Å². The SMILES string of the molecule is NC(CC1Cc2ccccc21)c1ccncc1F. The molecule has 2 atom stereocenters. The third kappa shape index (κ3) is 1.91. The van der Waals surface area contributed by atoms with Crippen molar-refractivity contribution in [3.8, 4) is 0 Å². The van der Waals surface area contributed by atoms with Crippen LogP contribution in [0.2, 0.25) is 0 Å². The second kappa shape index (κ2) is 4.50. The van der Waals surface area contributed by atoms with Gasteiger partial charge >= 0.3 is 0 Å². The Bertz CT molecular complexity index is 568. The van der Waals surface area contributed by atoms with E-state index in [1.807, 2.05) is 6.07 Å². The maximum absolute atomic E-state index is 13.6. The van der Waals surface area contributed by atoms with E-state index >= 15 is 0 Å². The topological polar surface area (TPSA) is 38.9 Å². The fourth-order valence-electron chi connectivity index (χ4n) is 2.69. The molecule has 3 heteroatoms. The van der Waals surface area contributed by atoms with Crippen molar-refractivity contribution in [1.82, 2.24) is 4.98 Å². The molecule has 2 nitrogen and oxygen atoms in total. The molecule has 0 radical (unpaired) electrons. The van der Waals surface area contributed by atoms with Gasteiger partial charge in [0.15, 0.2) is 0 Å². The van der Waals surface area contributed by atoms with E-state index in [0.29, 0.717) is 11.5 Å². The van der Waals surface area contributed by atoms with Gasteiger partial charge in [0.25, 0.3) is 0 Å². The number of pyridine rings is 1. The molecule has 18 heavy (non-hydrogen) atoms. The summed E-state index contributed by atoms with van der Waals surface area (Å²) in [6.45, 7) is 0. The molecule has 92 valence electrons. The lowest BCUT2D eigenvalue weighted by Gasteiger charge is -2.32. The number of benzene rings is 1. The molecular weight excluding hydrogens is 227 g/mol. The molecule has 2 N–H and O–H groups in total. The second-order valence-corrected chi connectivity index (χ2v) is 4.84. The number of nitrogens with two attached hydrogens (primary N) is 1. The molecule has 1 aliphatic rings. The summed E-state index contributed by atoms with van der Waals surface area (Å²) in [6.07, 6.45) is 4.66. The van der Waals surface area contributed by atoms with Crippen molar-refractivity contribution < 1.29 is 4.39 Å². The summed E-state index contributed by atoms with van der Waals surface area (Å²) in [5.41, 5.74) is 9.42. The van der Waals surface area contributed by atoms with Crippen LogP contribution in [0.25, 0.3) is 0 Å². The molecule has 3 rings (SSSR count). The van der Waals surface area contributed by atoms with E-state index in [9.17, 15) is 4.39 Å². The first-order valence-electron chi connectivity index (χ1n) is 6.18. The summed E-state index contributed by atoms with van der Waals surface area (Å²) in [5.74, 6) is 0.154. The largest absolute Gasteiger partial charge is 0.324 e. The number of rotatable bonds is 3. The lowest BCUT2D eigenvalue weighted by molar-refractivity contribution is 0.480. The highest BCUT2D eigenvalue weighted by Gasteiger charge is 2.28. The fourth-order valence-corrected chi connectivity index (χ4v) is 2.69. The van der Waals surface area contributed by atoms with Gasteiger partial charge in [-0.3, -0.25) is 4.98 Å². The van der Waals surface area contributed by atoms with Gasteiger partial charge in [0.1, 0.15) is 5.82 Å². The predicted octanol–water partition coefficient (Wildman–Crippen LogP) is 2.95. The normalized spacial score (nSPS) is 18.9. The number of aromatic nitrogens is 1. The number of fused-ring (bicyclic) bond motifs is 1. The summed E-state index contributed by atoms with van der Waals surface area (Å²) in [5, 5.41) is 0. The third-order valence-electron chi connectivity index (χ3n) is 3.70. The standard InChI is InChI=1S/C15H15FN2/c16-14-9-18-6-5-13(14)15(17)8-11-7-10-3-1-2-4-12(10)11/h1-6,9,11,15H,7-8,17H2. The molecule has 0 aliphatic heterocycles. The third-order valence-corrected chi connectivity index (χ3v) is 3.70. The van der Waals surface area contributed by atoms with Gasteiger partial charge in [-0.05, 0) is 36.0 Å². The maximum Gasteiger partial charge on any atom is 0.146 e. The Morgan fingerprint density at radius 2 is 2.17 bits per heavy atom. The molecule has 0 fully saturated rings. The van der Waals surface area contributed by atoms with Crippen molar-refractivity contribution in [2.75, 3.05) is 0 Å². The van der Waals surface area contributed by atoms with E-state index < -0.39 is 0 Å². The van der Waals surface area contributed by atoms with Gasteiger partial charge in [-0.15, -0.1) is 0 Å². The van der Waals surface area contributed by atoms with Gasteiger partial charge < -0.3 is 5.73 Å². The van der Waals surface area contributed by atoms with Crippen molar-refractivity contribution in [2.45, 2.75) is 24.8 Å². The fraction of sp³-hybridized carbons (Fsp3) is 0.267. The lowest BCUT2D eigenvalue weighted by Crippen LogP contribution is -2.23. The molecule has 1 aliphatic carbocycles. The van der Waals surface area contributed by atoms with Crippen molar-refractivity contribution in [2.24, 2.45) is 5.73 Å². The minimum absolute atomic E-state index is 0.258. The van der Waals surface area contributed by atoms with Crippen LogP contribution in [0.5, 0.6) is 0 Å². The van der Waals surface area contributed by atoms with Gasteiger partial charge in [0, 0.05) is 17.8 Å². The number of hydrogen-bond donors (Lipinski definition) is 1. The molecule has 2 unspecified atom stereocenters. The Kier molecular flexibility index (Phi) is 2.84. The first-order valence-corrected chi connectivity index (χ1v) is 6.18. The number of halogens is 1. The minimum Gasteiger partial charge on any atom is -0.324 e. The Morgan fingerprint density at radius 1 is 1.33 bits per heavy atom. The zero-order chi connectivity index (χ0) is 12.5. The van der Waals surface area contributed by atoms with Gasteiger partial charge in [-0.1, -0.05) is 24.3 Å². The quantitative estimate of drug-likeness (QED) is 0.898. The molecule has 0 spiro atoms. The van der Waals surface area contributed by atoms with Crippen LogP contribution in [-0.4, -0.2) is 4.98 Å². The van der Waals surface area contributed by atoms with Gasteiger partial charge in [-0.2, -0.15) is 0 Å². The zero-order valence-corrected chi connectivity index (χ0v) is 10.0. The molecular formula is C15H15FN2. The summed E-state index contributed by atoms with van der Waals surface area (Å²) in [4.78, 5) is 3.75. The highest BCUT2D eigenvalue weighted by molar-refractivity contribution is 5.40. The highest BCUT2D eigenvalue weighted by atomic mass is 19.1. The van der Waals surface area contributed by atoms with Gasteiger partial charge in [0.05, 0.1) is 6.20 Å². The number of hydrogen-bond acceptors (Lipinski definition) is 2. The van der Waals surface area contributed by atoms with E-state index in [4.69, 9.17) is 5.73 Å². The van der Waals surface area contributed by atoms with Crippen LogP contribution in [0.15, 0.2) is 42.7 Å². The summed E-state index contributed by atoms with van der Waals surface area (Å²) in [7, 11) is 0. The molecule has 2 aromatic rings. The molecule has 0 saturated heterocycles. The molecule has 1 aromatic carbocycles. The Hall–Kier alpha value is -1.74. The predicted molar refractivity (Wildman–Crippen MR) is 68.6 cm³/mol. The van der Waals surface area contributed by atoms with Crippen LogP contribution < -0.4 is 5.73 Å². The van der Waals surface area contributed by atoms with E-state index in [-0.39, 0.29) is 11.9 Å². The average molecular weight is 242 g/mol. The molecule has 0 amide bonds. The first kappa shape index (κ1) is 11.4. The zero-order valence-electron chi connectivity index (χ0n) is 10.0. The average Bonchev–Trinajstić information content (AvgIpc) is 2.36. The van der Waals surface area contributed by atoms with Crippen molar-refractivity contribution in [3.63, 3.8) is 0 Å². The van der Waals surface area contributed by atoms with E-state index in [1.54, 1.807) is 12.3 Å². The first-order chi connectivity index (χ1) is 8.75. The molecule has 1 heterocycles. The number of nitrogens with zero attached hydrogens (tertiary/aromatic N) is 1. The van der Waals surface area contributed by atoms with E-state index in [2.05, 4.69) is 23.2 Å². The Labute approximate surface area is 106 Å². The van der Waals surface area contributed by atoms with Gasteiger partial charge in [-0.25, -0.2) is 4.39 Å². The van der Waals surface area contributed by atoms with E-state index in [1.165, 1.54) is 17.3 Å². The summed E-state index contributed by atoms with van der Waals surface area (Å²) >= 11 is 0. The van der Waals surface area contributed by atoms with Crippen molar-refractivity contribution >= 4 is 0 Å². The van der Waals surface area contributed by atoms with Crippen molar-refractivity contribution in [1.29, 1.82) is 0 Å². The summed E-state index contributed by atoms with van der Waals surface area (Å²) < 4.78 is 13.6. The van der Waals surface area contributed by atoms with Crippen LogP contribution in [0.1, 0.15) is 35.1 Å². The van der Waals surface area contributed by atoms with Crippen LogP contribution in [0.3, 0.4) is 0 Å². The monoisotopic (exact) mass is 242 g/mol. The maximum atomic E-state index is 13.6. The highest BCUT2D eigenvalue weighted by Crippen LogP contribution is 2.40. The van der Waals surface area contributed by atoms with Crippen LogP contribution in [0, 0.1) is 5.82 Å². The lowest BCUT2D eigenvalue weighted by atomic mass is 9.74. The Balaban J connectivity index is 1.74.